The number of hydrogen-bond acceptors (Lipinski definition) is 3. The highest BCUT2D eigenvalue weighted by molar-refractivity contribution is 7.80. The second-order valence-electron chi connectivity index (χ2n) is 3.55. The van der Waals surface area contributed by atoms with Crippen LogP contribution in [-0.4, -0.2) is 18.1 Å². The minimum absolute atomic E-state index is 0.327. The Kier molecular flexibility index (Phi) is 2.72. The van der Waals surface area contributed by atoms with Crippen LogP contribution < -0.4 is 10.6 Å². The van der Waals surface area contributed by atoms with Crippen molar-refractivity contribution in [1.82, 2.24) is 0 Å². The molecule has 76 valence electrons. The molecule has 0 bridgehead atoms. The molecule has 2 heterocycles. The Balaban J connectivity index is 2.11. The Hall–Kier alpha value is -1.03. The zero-order valence-corrected chi connectivity index (χ0v) is 8.85. The van der Waals surface area contributed by atoms with E-state index in [1.54, 1.807) is 0 Å². The zero-order valence-electron chi connectivity index (χ0n) is 8.03. The summed E-state index contributed by atoms with van der Waals surface area (Å²) in [5, 5.41) is 0. The van der Waals surface area contributed by atoms with Crippen LogP contribution in [0, 0.1) is 0 Å². The van der Waals surface area contributed by atoms with E-state index in [9.17, 15) is 0 Å². The van der Waals surface area contributed by atoms with Gasteiger partial charge >= 0.3 is 0 Å². The molecule has 3 nitrogen and oxygen atoms in total. The van der Waals surface area contributed by atoms with Gasteiger partial charge in [0.1, 0.15) is 4.99 Å². The number of nitrogens with zero attached hydrogens (tertiary/aromatic N) is 1. The number of anilines is 1. The van der Waals surface area contributed by atoms with Crippen LogP contribution in [0.5, 0.6) is 0 Å². The van der Waals surface area contributed by atoms with Gasteiger partial charge in [-0.3, -0.25) is 0 Å². The quantitative estimate of drug-likeness (QED) is 0.757. The molecule has 1 saturated heterocycles. The fourth-order valence-electron chi connectivity index (χ4n) is 1.74. The van der Waals surface area contributed by atoms with Crippen LogP contribution in [0.2, 0.25) is 0 Å². The number of piperidine rings is 1. The molecular formula is C10H14N2OS. The van der Waals surface area contributed by atoms with Crippen molar-refractivity contribution in [2.24, 2.45) is 5.73 Å². The van der Waals surface area contributed by atoms with Crippen LogP contribution in [0.1, 0.15) is 25.0 Å². The van der Waals surface area contributed by atoms with Gasteiger partial charge in [0.2, 0.25) is 0 Å². The molecule has 0 unspecified atom stereocenters. The Morgan fingerprint density at radius 1 is 1.29 bits per heavy atom. The maximum Gasteiger partial charge on any atom is 0.196 e. The largest absolute Gasteiger partial charge is 0.438 e. The highest BCUT2D eigenvalue weighted by Gasteiger charge is 2.14. The molecule has 0 atom stereocenters. The predicted molar refractivity (Wildman–Crippen MR) is 60.7 cm³/mol. The van der Waals surface area contributed by atoms with Gasteiger partial charge in [-0.05, 0) is 25.3 Å². The maximum absolute atomic E-state index is 5.54. The van der Waals surface area contributed by atoms with Crippen LogP contribution in [0.25, 0.3) is 0 Å². The Morgan fingerprint density at radius 3 is 2.57 bits per heavy atom. The third kappa shape index (κ3) is 1.90. The standard InChI is InChI=1S/C10H14N2OS/c11-10(14)8-4-5-9(13-8)12-6-2-1-3-7-12/h4-5H,1-3,6-7H2,(H2,11,14). The second-order valence-corrected chi connectivity index (χ2v) is 3.99. The summed E-state index contributed by atoms with van der Waals surface area (Å²) in [5.74, 6) is 1.51. The second kappa shape index (κ2) is 4.00. The van der Waals surface area contributed by atoms with E-state index in [0.29, 0.717) is 10.7 Å². The Morgan fingerprint density at radius 2 is 2.00 bits per heavy atom. The molecule has 0 radical (unpaired) electrons. The first-order valence-electron chi connectivity index (χ1n) is 4.92. The van der Waals surface area contributed by atoms with Crippen molar-refractivity contribution in [3.05, 3.63) is 17.9 Å². The molecule has 2 rings (SSSR count). The van der Waals surface area contributed by atoms with E-state index < -0.39 is 0 Å². The van der Waals surface area contributed by atoms with Gasteiger partial charge in [-0.15, -0.1) is 0 Å². The summed E-state index contributed by atoms with van der Waals surface area (Å²) in [5.41, 5.74) is 5.48. The lowest BCUT2D eigenvalue weighted by atomic mass is 10.1. The summed E-state index contributed by atoms with van der Waals surface area (Å²) in [4.78, 5) is 2.57. The molecule has 14 heavy (non-hydrogen) atoms. The van der Waals surface area contributed by atoms with Gasteiger partial charge < -0.3 is 15.1 Å². The summed E-state index contributed by atoms with van der Waals surface area (Å²) >= 11 is 4.84. The van der Waals surface area contributed by atoms with Gasteiger partial charge in [0.05, 0.1) is 0 Å². The predicted octanol–water partition coefficient (Wildman–Crippen LogP) is 1.90. The van der Waals surface area contributed by atoms with Crippen molar-refractivity contribution >= 4 is 23.1 Å². The molecular weight excluding hydrogens is 196 g/mol. The summed E-state index contributed by atoms with van der Waals surface area (Å²) in [6.07, 6.45) is 3.80. The molecule has 2 N–H and O–H groups in total. The average molecular weight is 210 g/mol. The van der Waals surface area contributed by atoms with Gasteiger partial charge in [-0.1, -0.05) is 12.2 Å². The van der Waals surface area contributed by atoms with E-state index >= 15 is 0 Å². The molecule has 0 aromatic carbocycles. The van der Waals surface area contributed by atoms with Gasteiger partial charge in [0.15, 0.2) is 11.6 Å². The summed E-state index contributed by atoms with van der Waals surface area (Å²) in [6.45, 7) is 2.15. The van der Waals surface area contributed by atoms with Crippen molar-refractivity contribution in [2.45, 2.75) is 19.3 Å². The van der Waals surface area contributed by atoms with Crippen molar-refractivity contribution in [3.63, 3.8) is 0 Å². The van der Waals surface area contributed by atoms with Crippen molar-refractivity contribution < 1.29 is 4.42 Å². The minimum Gasteiger partial charge on any atom is -0.438 e. The van der Waals surface area contributed by atoms with Crippen LogP contribution in [-0.2, 0) is 0 Å². The molecule has 1 fully saturated rings. The fraction of sp³-hybridized carbons (Fsp3) is 0.500. The number of thiocarbonyl (C=S) groups is 1. The van der Waals surface area contributed by atoms with Crippen LogP contribution >= 0.6 is 12.2 Å². The molecule has 1 aliphatic rings. The third-order valence-corrected chi connectivity index (χ3v) is 2.70. The zero-order chi connectivity index (χ0) is 9.97. The summed E-state index contributed by atoms with van der Waals surface area (Å²) < 4.78 is 5.54. The highest BCUT2D eigenvalue weighted by Crippen LogP contribution is 2.22. The van der Waals surface area contributed by atoms with E-state index in [4.69, 9.17) is 22.4 Å². The van der Waals surface area contributed by atoms with Gasteiger partial charge in [-0.25, -0.2) is 0 Å². The first-order chi connectivity index (χ1) is 6.77. The van der Waals surface area contributed by atoms with Gasteiger partial charge in [0, 0.05) is 19.2 Å². The summed E-state index contributed by atoms with van der Waals surface area (Å²) in [7, 11) is 0. The number of furan rings is 1. The normalized spacial score (nSPS) is 17.0. The Labute approximate surface area is 88.9 Å². The van der Waals surface area contributed by atoms with Gasteiger partial charge in [-0.2, -0.15) is 0 Å². The van der Waals surface area contributed by atoms with Gasteiger partial charge in [0.25, 0.3) is 0 Å². The molecule has 0 spiro atoms. The molecule has 4 heteroatoms. The fourth-order valence-corrected chi connectivity index (χ4v) is 1.85. The van der Waals surface area contributed by atoms with E-state index in [1.807, 2.05) is 12.1 Å². The Bertz CT molecular complexity index is 329. The first kappa shape index (κ1) is 9.52. The van der Waals surface area contributed by atoms with E-state index in [0.717, 1.165) is 19.0 Å². The molecule has 0 aliphatic carbocycles. The smallest absolute Gasteiger partial charge is 0.196 e. The number of nitrogens with two attached hydrogens (primary N) is 1. The van der Waals surface area contributed by atoms with E-state index in [-0.39, 0.29) is 0 Å². The average Bonchev–Trinajstić information content (AvgIpc) is 2.68. The topological polar surface area (TPSA) is 42.4 Å². The monoisotopic (exact) mass is 210 g/mol. The third-order valence-electron chi connectivity index (χ3n) is 2.50. The molecule has 0 amide bonds. The number of hydrogen-bond donors (Lipinski definition) is 1. The van der Waals surface area contributed by atoms with Crippen molar-refractivity contribution in [1.29, 1.82) is 0 Å². The van der Waals surface area contributed by atoms with Crippen molar-refractivity contribution in [2.75, 3.05) is 18.0 Å². The summed E-state index contributed by atoms with van der Waals surface area (Å²) in [6, 6.07) is 3.78. The lowest BCUT2D eigenvalue weighted by Gasteiger charge is -2.25. The van der Waals surface area contributed by atoms with Crippen LogP contribution in [0.15, 0.2) is 16.5 Å². The lowest BCUT2D eigenvalue weighted by molar-refractivity contribution is 0.496. The SMILES string of the molecule is NC(=S)c1ccc(N2CCCCC2)o1. The van der Waals surface area contributed by atoms with Crippen molar-refractivity contribution in [3.8, 4) is 0 Å². The molecule has 1 aromatic rings. The molecule has 1 aromatic heterocycles. The first-order valence-corrected chi connectivity index (χ1v) is 5.33. The molecule has 0 saturated carbocycles. The lowest BCUT2D eigenvalue weighted by Crippen LogP contribution is -2.28. The van der Waals surface area contributed by atoms with E-state index in [1.165, 1.54) is 19.3 Å². The maximum atomic E-state index is 5.54. The van der Waals surface area contributed by atoms with Crippen LogP contribution in [0.3, 0.4) is 0 Å². The highest BCUT2D eigenvalue weighted by atomic mass is 32.1. The minimum atomic E-state index is 0.327. The van der Waals surface area contributed by atoms with Crippen LogP contribution in [0.4, 0.5) is 5.88 Å². The number of rotatable bonds is 2. The van der Waals surface area contributed by atoms with E-state index in [2.05, 4.69) is 4.90 Å². The molecule has 1 aliphatic heterocycles.